The van der Waals surface area contributed by atoms with Gasteiger partial charge in [0.25, 0.3) is 0 Å². The van der Waals surface area contributed by atoms with Crippen molar-refractivity contribution in [2.24, 2.45) is 0 Å². The molecule has 140 valence electrons. The Kier molecular flexibility index (Phi) is 5.80. The third-order valence-electron chi connectivity index (χ3n) is 3.74. The van der Waals surface area contributed by atoms with Crippen LogP contribution in [0.4, 0.5) is 18.9 Å². The van der Waals surface area contributed by atoms with Crippen molar-refractivity contribution in [3.63, 3.8) is 0 Å². The average Bonchev–Trinajstić information content (AvgIpc) is 3.16. The topological polar surface area (TPSA) is 70.7 Å². The van der Waals surface area contributed by atoms with Crippen molar-refractivity contribution in [1.82, 2.24) is 15.2 Å². The number of anilines is 1. The third kappa shape index (κ3) is 4.48. The fourth-order valence-electron chi connectivity index (χ4n) is 2.28. The van der Waals surface area contributed by atoms with Crippen LogP contribution in [-0.2, 0) is 11.2 Å². The van der Waals surface area contributed by atoms with Gasteiger partial charge in [-0.15, -0.1) is 5.10 Å². The van der Waals surface area contributed by atoms with Crippen molar-refractivity contribution < 1.29 is 18.0 Å². The van der Waals surface area contributed by atoms with Crippen LogP contribution in [-0.4, -0.2) is 26.8 Å². The number of carbonyl (C=O) groups excluding carboxylic acids is 1. The molecule has 0 unspecified atom stereocenters. The zero-order valence-electron chi connectivity index (χ0n) is 14.2. The lowest BCUT2D eigenvalue weighted by Gasteiger charge is -2.06. The summed E-state index contributed by atoms with van der Waals surface area (Å²) in [5.41, 5.74) is 1.64. The molecule has 0 saturated heterocycles. The van der Waals surface area contributed by atoms with Gasteiger partial charge in [0.15, 0.2) is 23.3 Å². The summed E-state index contributed by atoms with van der Waals surface area (Å²) in [4.78, 5) is 16.2. The fraction of sp³-hybridized carbons (Fsp3) is 0.167. The molecule has 0 aliphatic carbocycles. The highest BCUT2D eigenvalue weighted by atomic mass is 32.2. The zero-order chi connectivity index (χ0) is 19.4. The number of halogens is 3. The fourth-order valence-corrected chi connectivity index (χ4v) is 2.88. The third-order valence-corrected chi connectivity index (χ3v) is 4.59. The van der Waals surface area contributed by atoms with E-state index in [0.717, 1.165) is 35.9 Å². The van der Waals surface area contributed by atoms with Crippen molar-refractivity contribution in [3.8, 4) is 11.4 Å². The van der Waals surface area contributed by atoms with Gasteiger partial charge in [-0.1, -0.05) is 43.0 Å². The highest BCUT2D eigenvalue weighted by Gasteiger charge is 2.16. The van der Waals surface area contributed by atoms with E-state index in [2.05, 4.69) is 27.4 Å². The lowest BCUT2D eigenvalue weighted by atomic mass is 10.1. The Balaban J connectivity index is 1.59. The molecule has 9 heteroatoms. The molecule has 1 aromatic heterocycles. The molecular weight excluding hydrogens is 377 g/mol. The van der Waals surface area contributed by atoms with Gasteiger partial charge in [-0.25, -0.2) is 18.2 Å². The molecule has 5 nitrogen and oxygen atoms in total. The number of amides is 1. The molecule has 0 aliphatic rings. The SMILES string of the molecule is CCc1ccc(-c2nc(SCC(=O)Nc3ccc(F)c(F)c3F)n[nH]2)cc1. The van der Waals surface area contributed by atoms with E-state index in [0.29, 0.717) is 11.0 Å². The maximum atomic E-state index is 13.6. The van der Waals surface area contributed by atoms with E-state index in [1.165, 1.54) is 5.56 Å². The van der Waals surface area contributed by atoms with Crippen LogP contribution in [0, 0.1) is 17.5 Å². The van der Waals surface area contributed by atoms with Crippen LogP contribution >= 0.6 is 11.8 Å². The predicted molar refractivity (Wildman–Crippen MR) is 96.9 cm³/mol. The van der Waals surface area contributed by atoms with Crippen molar-refractivity contribution in [3.05, 3.63) is 59.4 Å². The van der Waals surface area contributed by atoms with Crippen molar-refractivity contribution in [2.45, 2.75) is 18.5 Å². The zero-order valence-corrected chi connectivity index (χ0v) is 15.0. The Labute approximate surface area is 157 Å². The van der Waals surface area contributed by atoms with Gasteiger partial charge in [-0.2, -0.15) is 0 Å². The molecule has 0 fully saturated rings. The number of hydrogen-bond acceptors (Lipinski definition) is 4. The van der Waals surface area contributed by atoms with E-state index in [9.17, 15) is 18.0 Å². The van der Waals surface area contributed by atoms with E-state index in [4.69, 9.17) is 0 Å². The van der Waals surface area contributed by atoms with Crippen molar-refractivity contribution in [2.75, 3.05) is 11.1 Å². The first-order valence-corrected chi connectivity index (χ1v) is 9.04. The Morgan fingerprint density at radius 2 is 1.85 bits per heavy atom. The van der Waals surface area contributed by atoms with E-state index < -0.39 is 29.0 Å². The van der Waals surface area contributed by atoms with E-state index in [-0.39, 0.29) is 5.75 Å². The second-order valence-corrected chi connectivity index (χ2v) is 6.52. The maximum Gasteiger partial charge on any atom is 0.234 e. The molecule has 0 bridgehead atoms. The second kappa shape index (κ2) is 8.26. The Morgan fingerprint density at radius 3 is 2.56 bits per heavy atom. The van der Waals surface area contributed by atoms with Crippen LogP contribution in [0.25, 0.3) is 11.4 Å². The number of rotatable bonds is 6. The highest BCUT2D eigenvalue weighted by Crippen LogP contribution is 2.22. The van der Waals surface area contributed by atoms with Gasteiger partial charge in [0.1, 0.15) is 0 Å². The number of hydrogen-bond donors (Lipinski definition) is 2. The quantitative estimate of drug-likeness (QED) is 0.488. The minimum atomic E-state index is -1.63. The lowest BCUT2D eigenvalue weighted by Crippen LogP contribution is -2.16. The first-order chi connectivity index (χ1) is 13.0. The molecule has 2 aromatic carbocycles. The van der Waals surface area contributed by atoms with Crippen LogP contribution in [0.3, 0.4) is 0 Å². The lowest BCUT2D eigenvalue weighted by molar-refractivity contribution is -0.113. The van der Waals surface area contributed by atoms with Gasteiger partial charge < -0.3 is 5.32 Å². The van der Waals surface area contributed by atoms with E-state index in [1.807, 2.05) is 24.3 Å². The summed E-state index contributed by atoms with van der Waals surface area (Å²) >= 11 is 1.03. The van der Waals surface area contributed by atoms with E-state index in [1.54, 1.807) is 0 Å². The molecule has 0 radical (unpaired) electrons. The van der Waals surface area contributed by atoms with Crippen molar-refractivity contribution in [1.29, 1.82) is 0 Å². The average molecular weight is 392 g/mol. The van der Waals surface area contributed by atoms with Gasteiger partial charge in [0, 0.05) is 5.56 Å². The summed E-state index contributed by atoms with van der Waals surface area (Å²) in [5, 5.41) is 9.34. The number of nitrogens with one attached hydrogen (secondary N) is 2. The molecule has 0 saturated carbocycles. The van der Waals surface area contributed by atoms with Gasteiger partial charge in [-0.3, -0.25) is 9.89 Å². The standard InChI is InChI=1S/C18H15F3N4OS/c1-2-10-3-5-11(6-4-10)17-23-18(25-24-17)27-9-14(26)22-13-8-7-12(19)15(20)16(13)21/h3-8H,2,9H2,1H3,(H,22,26)(H,23,24,25). The number of aromatic amines is 1. The first kappa shape index (κ1) is 19.0. The molecule has 1 amide bonds. The number of carbonyl (C=O) groups is 1. The second-order valence-electron chi connectivity index (χ2n) is 5.58. The molecule has 0 atom stereocenters. The Bertz CT molecular complexity index is 960. The van der Waals surface area contributed by atoms with Crippen LogP contribution < -0.4 is 5.32 Å². The number of H-pyrrole nitrogens is 1. The molecule has 0 spiro atoms. The molecule has 2 N–H and O–H groups in total. The Morgan fingerprint density at radius 1 is 1.11 bits per heavy atom. The van der Waals surface area contributed by atoms with Crippen LogP contribution in [0.15, 0.2) is 41.6 Å². The summed E-state index contributed by atoms with van der Waals surface area (Å²) in [6, 6.07) is 9.54. The number of aryl methyl sites for hydroxylation is 1. The monoisotopic (exact) mass is 392 g/mol. The smallest absolute Gasteiger partial charge is 0.234 e. The summed E-state index contributed by atoms with van der Waals surface area (Å²) in [7, 11) is 0. The van der Waals surface area contributed by atoms with Crippen LogP contribution in [0.2, 0.25) is 0 Å². The number of thioether (sulfide) groups is 1. The van der Waals surface area contributed by atoms with Crippen molar-refractivity contribution >= 4 is 23.4 Å². The number of nitrogens with zero attached hydrogens (tertiary/aromatic N) is 2. The number of benzene rings is 2. The Hall–Kier alpha value is -2.81. The molecular formula is C18H15F3N4OS. The number of aromatic nitrogens is 3. The minimum Gasteiger partial charge on any atom is -0.323 e. The van der Waals surface area contributed by atoms with Gasteiger partial charge in [-0.05, 0) is 24.1 Å². The minimum absolute atomic E-state index is 0.121. The van der Waals surface area contributed by atoms with Crippen LogP contribution in [0.5, 0.6) is 0 Å². The predicted octanol–water partition coefficient (Wildman–Crippen LogP) is 4.18. The molecule has 3 aromatic rings. The summed E-state index contributed by atoms with van der Waals surface area (Å²) in [6.07, 6.45) is 0.936. The molecule has 1 heterocycles. The van der Waals surface area contributed by atoms with Crippen LogP contribution in [0.1, 0.15) is 12.5 Å². The highest BCUT2D eigenvalue weighted by molar-refractivity contribution is 7.99. The van der Waals surface area contributed by atoms with E-state index >= 15 is 0 Å². The summed E-state index contributed by atoms with van der Waals surface area (Å²) < 4.78 is 39.6. The van der Waals surface area contributed by atoms with Gasteiger partial charge >= 0.3 is 0 Å². The summed E-state index contributed by atoms with van der Waals surface area (Å²) in [5.74, 6) is -4.54. The summed E-state index contributed by atoms with van der Waals surface area (Å²) in [6.45, 7) is 2.06. The van der Waals surface area contributed by atoms with Gasteiger partial charge in [0.05, 0.1) is 11.4 Å². The van der Waals surface area contributed by atoms with Gasteiger partial charge in [0.2, 0.25) is 11.1 Å². The first-order valence-electron chi connectivity index (χ1n) is 8.05. The maximum absolute atomic E-state index is 13.6. The molecule has 3 rings (SSSR count). The molecule has 27 heavy (non-hydrogen) atoms. The largest absolute Gasteiger partial charge is 0.323 e. The normalized spacial score (nSPS) is 10.8. The molecule has 0 aliphatic heterocycles.